The first kappa shape index (κ1) is 15.8. The van der Waals surface area contributed by atoms with E-state index in [1.165, 1.54) is 6.07 Å². The Morgan fingerprint density at radius 2 is 1.95 bits per heavy atom. The predicted molar refractivity (Wildman–Crippen MR) is 84.0 cm³/mol. The van der Waals surface area contributed by atoms with E-state index in [9.17, 15) is 4.39 Å². The summed E-state index contributed by atoms with van der Waals surface area (Å²) in [5, 5.41) is 0. The van der Waals surface area contributed by atoms with E-state index in [2.05, 4.69) is 15.9 Å². The standard InChI is InChI=1S/C16H17BrFNO2/c1-10(19)11-3-6-15(16(8-11)20-2)21-9-12-7-13(17)4-5-14(12)18/h3-8,10H,9,19H2,1-2H3/t10-/m1/s1. The number of hydrogen-bond acceptors (Lipinski definition) is 3. The molecule has 0 saturated heterocycles. The molecule has 0 aromatic heterocycles. The third kappa shape index (κ3) is 3.95. The lowest BCUT2D eigenvalue weighted by molar-refractivity contribution is 0.279. The lowest BCUT2D eigenvalue weighted by Gasteiger charge is -2.14. The molecule has 21 heavy (non-hydrogen) atoms. The van der Waals surface area contributed by atoms with E-state index in [4.69, 9.17) is 15.2 Å². The van der Waals surface area contributed by atoms with Gasteiger partial charge in [0.1, 0.15) is 12.4 Å². The smallest absolute Gasteiger partial charge is 0.161 e. The maximum Gasteiger partial charge on any atom is 0.161 e. The van der Waals surface area contributed by atoms with E-state index < -0.39 is 0 Å². The molecule has 2 rings (SSSR count). The van der Waals surface area contributed by atoms with Gasteiger partial charge in [-0.2, -0.15) is 0 Å². The van der Waals surface area contributed by atoms with Gasteiger partial charge in [0.15, 0.2) is 11.5 Å². The second-order valence-corrected chi connectivity index (χ2v) is 5.64. The van der Waals surface area contributed by atoms with E-state index >= 15 is 0 Å². The van der Waals surface area contributed by atoms with Gasteiger partial charge in [0, 0.05) is 16.1 Å². The van der Waals surface area contributed by atoms with Crippen molar-refractivity contribution in [3.63, 3.8) is 0 Å². The van der Waals surface area contributed by atoms with Gasteiger partial charge in [0.05, 0.1) is 7.11 Å². The van der Waals surface area contributed by atoms with Crippen molar-refractivity contribution in [2.24, 2.45) is 5.73 Å². The van der Waals surface area contributed by atoms with Crippen LogP contribution in [0.3, 0.4) is 0 Å². The van der Waals surface area contributed by atoms with Crippen molar-refractivity contribution >= 4 is 15.9 Å². The zero-order valence-corrected chi connectivity index (χ0v) is 13.5. The summed E-state index contributed by atoms with van der Waals surface area (Å²) in [5.41, 5.74) is 7.26. The van der Waals surface area contributed by atoms with E-state index in [0.29, 0.717) is 17.1 Å². The van der Waals surface area contributed by atoms with Crippen LogP contribution in [0.2, 0.25) is 0 Å². The van der Waals surface area contributed by atoms with Gasteiger partial charge in [-0.3, -0.25) is 0 Å². The minimum absolute atomic E-state index is 0.0875. The summed E-state index contributed by atoms with van der Waals surface area (Å²) in [6.45, 7) is 2.02. The van der Waals surface area contributed by atoms with Crippen molar-refractivity contribution < 1.29 is 13.9 Å². The summed E-state index contributed by atoms with van der Waals surface area (Å²) in [6.07, 6.45) is 0. The fourth-order valence-electron chi connectivity index (χ4n) is 1.90. The molecule has 0 heterocycles. The summed E-state index contributed by atoms with van der Waals surface area (Å²) in [6, 6.07) is 10.1. The third-order valence-electron chi connectivity index (χ3n) is 3.10. The quantitative estimate of drug-likeness (QED) is 0.876. The number of rotatable bonds is 5. The monoisotopic (exact) mass is 353 g/mol. The van der Waals surface area contributed by atoms with Crippen LogP contribution in [0.15, 0.2) is 40.9 Å². The SMILES string of the molecule is COc1cc([C@@H](C)N)ccc1OCc1cc(Br)ccc1F. The van der Waals surface area contributed by atoms with Crippen molar-refractivity contribution in [3.05, 3.63) is 57.8 Å². The molecule has 0 amide bonds. The number of ether oxygens (including phenoxy) is 2. The van der Waals surface area contributed by atoms with Gasteiger partial charge < -0.3 is 15.2 Å². The van der Waals surface area contributed by atoms with Crippen LogP contribution in [-0.2, 0) is 6.61 Å². The molecule has 0 aliphatic rings. The highest BCUT2D eigenvalue weighted by Gasteiger charge is 2.10. The number of halogens is 2. The van der Waals surface area contributed by atoms with Crippen LogP contribution in [0.25, 0.3) is 0 Å². The zero-order valence-electron chi connectivity index (χ0n) is 11.9. The zero-order chi connectivity index (χ0) is 15.4. The van der Waals surface area contributed by atoms with Crippen molar-refractivity contribution in [2.45, 2.75) is 19.6 Å². The molecule has 0 aliphatic carbocycles. The van der Waals surface area contributed by atoms with Gasteiger partial charge in [-0.25, -0.2) is 4.39 Å². The third-order valence-corrected chi connectivity index (χ3v) is 3.60. The van der Waals surface area contributed by atoms with Crippen LogP contribution in [0.1, 0.15) is 24.1 Å². The summed E-state index contributed by atoms with van der Waals surface area (Å²) in [7, 11) is 1.56. The van der Waals surface area contributed by atoms with E-state index in [-0.39, 0.29) is 18.5 Å². The highest BCUT2D eigenvalue weighted by Crippen LogP contribution is 2.30. The second-order valence-electron chi connectivity index (χ2n) is 4.72. The van der Waals surface area contributed by atoms with Crippen LogP contribution in [-0.4, -0.2) is 7.11 Å². The molecule has 2 N–H and O–H groups in total. The maximum atomic E-state index is 13.7. The van der Waals surface area contributed by atoms with Crippen LogP contribution in [0.5, 0.6) is 11.5 Å². The summed E-state index contributed by atoms with van der Waals surface area (Å²) in [4.78, 5) is 0. The minimum Gasteiger partial charge on any atom is -0.493 e. The molecular weight excluding hydrogens is 337 g/mol. The lowest BCUT2D eigenvalue weighted by atomic mass is 10.1. The molecule has 0 aliphatic heterocycles. The Hall–Kier alpha value is -1.59. The predicted octanol–water partition coefficient (Wildman–Crippen LogP) is 4.20. The van der Waals surface area contributed by atoms with E-state index in [0.717, 1.165) is 10.0 Å². The average Bonchev–Trinajstić information content (AvgIpc) is 2.47. The van der Waals surface area contributed by atoms with E-state index in [1.54, 1.807) is 25.3 Å². The van der Waals surface area contributed by atoms with Crippen LogP contribution >= 0.6 is 15.9 Å². The Labute approximate surface area is 132 Å². The molecule has 0 spiro atoms. The second kappa shape index (κ2) is 6.91. The van der Waals surface area contributed by atoms with Crippen LogP contribution in [0.4, 0.5) is 4.39 Å². The molecule has 2 aromatic rings. The van der Waals surface area contributed by atoms with Gasteiger partial charge in [-0.1, -0.05) is 22.0 Å². The molecule has 0 saturated carbocycles. The van der Waals surface area contributed by atoms with Crippen molar-refractivity contribution in [1.29, 1.82) is 0 Å². The van der Waals surface area contributed by atoms with Gasteiger partial charge in [0.2, 0.25) is 0 Å². The molecule has 3 nitrogen and oxygen atoms in total. The molecule has 112 valence electrons. The lowest BCUT2D eigenvalue weighted by Crippen LogP contribution is -2.06. The maximum absolute atomic E-state index is 13.7. The fraction of sp³-hybridized carbons (Fsp3) is 0.250. The largest absolute Gasteiger partial charge is 0.493 e. The van der Waals surface area contributed by atoms with Gasteiger partial charge in [-0.05, 0) is 42.8 Å². The van der Waals surface area contributed by atoms with Crippen molar-refractivity contribution in [2.75, 3.05) is 7.11 Å². The highest BCUT2D eigenvalue weighted by molar-refractivity contribution is 9.10. The van der Waals surface area contributed by atoms with Crippen LogP contribution in [0, 0.1) is 5.82 Å². The number of nitrogens with two attached hydrogens (primary N) is 1. The first-order valence-corrected chi connectivity index (χ1v) is 7.31. The van der Waals surface area contributed by atoms with Gasteiger partial charge >= 0.3 is 0 Å². The number of benzene rings is 2. The Kier molecular flexibility index (Phi) is 5.20. The van der Waals surface area contributed by atoms with Gasteiger partial charge in [0.25, 0.3) is 0 Å². The molecule has 0 fully saturated rings. The van der Waals surface area contributed by atoms with Crippen LogP contribution < -0.4 is 15.2 Å². The Morgan fingerprint density at radius 3 is 2.62 bits per heavy atom. The highest BCUT2D eigenvalue weighted by atomic mass is 79.9. The Morgan fingerprint density at radius 1 is 1.19 bits per heavy atom. The van der Waals surface area contributed by atoms with E-state index in [1.807, 2.05) is 19.1 Å². The molecular formula is C16H17BrFNO2. The normalized spacial score (nSPS) is 12.0. The summed E-state index contributed by atoms with van der Waals surface area (Å²) in [5.74, 6) is 0.839. The molecule has 0 bridgehead atoms. The average molecular weight is 354 g/mol. The summed E-state index contributed by atoms with van der Waals surface area (Å²) < 4.78 is 25.4. The number of methoxy groups -OCH3 is 1. The van der Waals surface area contributed by atoms with Crippen molar-refractivity contribution in [1.82, 2.24) is 0 Å². The Balaban J connectivity index is 2.18. The molecule has 0 radical (unpaired) electrons. The Bertz CT molecular complexity index is 632. The molecule has 2 aromatic carbocycles. The fourth-order valence-corrected chi connectivity index (χ4v) is 2.30. The van der Waals surface area contributed by atoms with Crippen molar-refractivity contribution in [3.8, 4) is 11.5 Å². The minimum atomic E-state index is -0.302. The summed E-state index contributed by atoms with van der Waals surface area (Å²) >= 11 is 3.32. The topological polar surface area (TPSA) is 44.5 Å². The van der Waals surface area contributed by atoms with Gasteiger partial charge in [-0.15, -0.1) is 0 Å². The molecule has 0 unspecified atom stereocenters. The first-order valence-electron chi connectivity index (χ1n) is 6.51. The number of hydrogen-bond donors (Lipinski definition) is 1. The molecule has 1 atom stereocenters. The molecule has 5 heteroatoms. The first-order chi connectivity index (χ1) is 10.0.